The maximum atomic E-state index is 12.7. The molecule has 2 fully saturated rings. The van der Waals surface area contributed by atoms with Crippen molar-refractivity contribution in [2.24, 2.45) is 0 Å². The third-order valence-corrected chi connectivity index (χ3v) is 6.15. The molecule has 5 nitrogen and oxygen atoms in total. The van der Waals surface area contributed by atoms with Crippen LogP contribution in [0.3, 0.4) is 0 Å². The third-order valence-electron chi connectivity index (χ3n) is 6.15. The number of pyridine rings is 1. The van der Waals surface area contributed by atoms with Crippen LogP contribution in [-0.2, 0) is 6.42 Å². The number of hydrogen-bond donors (Lipinski definition) is 1. The molecule has 0 atom stereocenters. The van der Waals surface area contributed by atoms with Gasteiger partial charge in [0, 0.05) is 50.5 Å². The molecule has 0 bridgehead atoms. The summed E-state index contributed by atoms with van der Waals surface area (Å²) in [5, 5.41) is 3.56. The lowest BCUT2D eigenvalue weighted by molar-refractivity contribution is 0.0724. The van der Waals surface area contributed by atoms with Gasteiger partial charge in [-0.2, -0.15) is 0 Å². The molecule has 2 saturated heterocycles. The maximum Gasteiger partial charge on any atom is 0.254 e. The number of anilines is 1. The molecule has 0 aliphatic carbocycles. The second kappa shape index (κ2) is 9.88. The summed E-state index contributed by atoms with van der Waals surface area (Å²) in [6.45, 7) is 5.10. The second-order valence-corrected chi connectivity index (χ2v) is 8.28. The highest BCUT2D eigenvalue weighted by Crippen LogP contribution is 2.18. The highest BCUT2D eigenvalue weighted by molar-refractivity contribution is 5.94. The van der Waals surface area contributed by atoms with Gasteiger partial charge < -0.3 is 15.1 Å². The summed E-state index contributed by atoms with van der Waals surface area (Å²) in [5.41, 5.74) is 2.16. The van der Waals surface area contributed by atoms with Crippen LogP contribution in [0.5, 0.6) is 0 Å². The molecule has 0 spiro atoms. The lowest BCUT2D eigenvalue weighted by atomic mass is 10.0. The van der Waals surface area contributed by atoms with E-state index in [1.165, 1.54) is 12.0 Å². The fourth-order valence-corrected chi connectivity index (χ4v) is 4.36. The van der Waals surface area contributed by atoms with Gasteiger partial charge in [-0.3, -0.25) is 4.79 Å². The Morgan fingerprint density at radius 3 is 2.52 bits per heavy atom. The van der Waals surface area contributed by atoms with Crippen LogP contribution < -0.4 is 5.32 Å². The maximum absolute atomic E-state index is 12.7. The number of hydrogen-bond acceptors (Lipinski definition) is 4. The van der Waals surface area contributed by atoms with Crippen molar-refractivity contribution < 1.29 is 4.79 Å². The minimum atomic E-state index is 0.144. The lowest BCUT2D eigenvalue weighted by Crippen LogP contribution is -2.40. The Kier molecular flexibility index (Phi) is 6.78. The van der Waals surface area contributed by atoms with E-state index in [-0.39, 0.29) is 5.91 Å². The van der Waals surface area contributed by atoms with Crippen LogP contribution in [-0.4, -0.2) is 59.5 Å². The molecule has 0 saturated carbocycles. The monoisotopic (exact) mass is 392 g/mol. The van der Waals surface area contributed by atoms with E-state index in [1.807, 2.05) is 17.0 Å². The Labute approximate surface area is 174 Å². The summed E-state index contributed by atoms with van der Waals surface area (Å²) < 4.78 is 0. The smallest absolute Gasteiger partial charge is 0.254 e. The predicted molar refractivity (Wildman–Crippen MR) is 117 cm³/mol. The van der Waals surface area contributed by atoms with E-state index in [2.05, 4.69) is 45.5 Å². The van der Waals surface area contributed by atoms with Crippen LogP contribution in [0.25, 0.3) is 0 Å². The van der Waals surface area contributed by atoms with Crippen molar-refractivity contribution in [3.8, 4) is 0 Å². The molecule has 154 valence electrons. The molecule has 5 heteroatoms. The van der Waals surface area contributed by atoms with Crippen molar-refractivity contribution >= 4 is 11.7 Å². The third kappa shape index (κ3) is 5.57. The minimum absolute atomic E-state index is 0.144. The van der Waals surface area contributed by atoms with Crippen molar-refractivity contribution in [1.29, 1.82) is 0 Å². The molecule has 3 heterocycles. The van der Waals surface area contributed by atoms with Gasteiger partial charge in [0.15, 0.2) is 0 Å². The van der Waals surface area contributed by atoms with E-state index in [1.54, 1.807) is 6.20 Å². The first kappa shape index (κ1) is 19.9. The predicted octanol–water partition coefficient (Wildman–Crippen LogP) is 3.83. The van der Waals surface area contributed by atoms with Gasteiger partial charge in [0.05, 0.1) is 0 Å². The molecule has 2 aliphatic heterocycles. The number of amides is 1. The second-order valence-electron chi connectivity index (χ2n) is 8.28. The number of carbonyl (C=O) groups is 1. The number of nitrogens with one attached hydrogen (secondary N) is 1. The molecule has 0 radical (unpaired) electrons. The molecule has 4 rings (SSSR count). The molecular formula is C24H32N4O. The van der Waals surface area contributed by atoms with Crippen molar-refractivity contribution in [3.63, 3.8) is 0 Å². The first-order valence-electron chi connectivity index (χ1n) is 11.1. The summed E-state index contributed by atoms with van der Waals surface area (Å²) in [7, 11) is 0. The van der Waals surface area contributed by atoms with E-state index >= 15 is 0 Å². The molecule has 1 N–H and O–H groups in total. The fraction of sp³-hybridized carbons (Fsp3) is 0.500. The van der Waals surface area contributed by atoms with Crippen LogP contribution in [0.1, 0.15) is 48.0 Å². The Hall–Kier alpha value is -2.40. The Bertz CT molecular complexity index is 780. The van der Waals surface area contributed by atoms with Gasteiger partial charge >= 0.3 is 0 Å². The molecule has 2 aliphatic rings. The summed E-state index contributed by atoms with van der Waals surface area (Å²) in [6, 6.07) is 14.9. The number of carbonyl (C=O) groups excluding carboxylic acids is 1. The average Bonchev–Trinajstić information content (AvgIpc) is 2.79. The Morgan fingerprint density at radius 1 is 1.00 bits per heavy atom. The lowest BCUT2D eigenvalue weighted by Gasteiger charge is -2.32. The Morgan fingerprint density at radius 2 is 1.76 bits per heavy atom. The summed E-state index contributed by atoms with van der Waals surface area (Å²) in [4.78, 5) is 21.7. The first-order chi connectivity index (χ1) is 14.3. The topological polar surface area (TPSA) is 48.5 Å². The van der Waals surface area contributed by atoms with Gasteiger partial charge in [-0.15, -0.1) is 0 Å². The van der Waals surface area contributed by atoms with Crippen LogP contribution in [0.2, 0.25) is 0 Å². The molecule has 1 aromatic heterocycles. The number of benzene rings is 1. The van der Waals surface area contributed by atoms with Gasteiger partial charge in [-0.25, -0.2) is 4.98 Å². The molecule has 1 aromatic carbocycles. The minimum Gasteiger partial charge on any atom is -0.367 e. The highest BCUT2D eigenvalue weighted by atomic mass is 16.2. The fourth-order valence-electron chi connectivity index (χ4n) is 4.36. The Balaban J connectivity index is 1.25. The van der Waals surface area contributed by atoms with Gasteiger partial charge in [0.2, 0.25) is 0 Å². The van der Waals surface area contributed by atoms with Crippen molar-refractivity contribution in [3.05, 3.63) is 59.8 Å². The largest absolute Gasteiger partial charge is 0.367 e. The molecule has 0 unspecified atom stereocenters. The first-order valence-corrected chi connectivity index (χ1v) is 11.1. The van der Waals surface area contributed by atoms with Gasteiger partial charge in [-0.1, -0.05) is 30.3 Å². The van der Waals surface area contributed by atoms with E-state index < -0.39 is 0 Å². The van der Waals surface area contributed by atoms with Crippen LogP contribution in [0.15, 0.2) is 48.7 Å². The van der Waals surface area contributed by atoms with Crippen LogP contribution in [0.4, 0.5) is 5.82 Å². The van der Waals surface area contributed by atoms with E-state index in [0.717, 1.165) is 76.2 Å². The summed E-state index contributed by atoms with van der Waals surface area (Å²) >= 11 is 0. The SMILES string of the molecule is O=C(c1ccnc(NC2CCN(CCc3ccccc3)CC2)c1)N1CCCCC1. The molecule has 29 heavy (non-hydrogen) atoms. The summed E-state index contributed by atoms with van der Waals surface area (Å²) in [6.07, 6.45) is 8.56. The van der Waals surface area contributed by atoms with Crippen molar-refractivity contribution in [2.75, 3.05) is 38.0 Å². The summed E-state index contributed by atoms with van der Waals surface area (Å²) in [5.74, 6) is 0.974. The van der Waals surface area contributed by atoms with Gasteiger partial charge in [0.1, 0.15) is 5.82 Å². The van der Waals surface area contributed by atoms with Crippen LogP contribution >= 0.6 is 0 Å². The van der Waals surface area contributed by atoms with E-state index in [9.17, 15) is 4.79 Å². The zero-order valence-electron chi connectivity index (χ0n) is 17.2. The zero-order valence-corrected chi connectivity index (χ0v) is 17.2. The van der Waals surface area contributed by atoms with E-state index in [4.69, 9.17) is 0 Å². The molecular weight excluding hydrogens is 360 g/mol. The van der Waals surface area contributed by atoms with Crippen molar-refractivity contribution in [2.45, 2.75) is 44.6 Å². The van der Waals surface area contributed by atoms with Gasteiger partial charge in [-0.05, 0) is 56.2 Å². The quantitative estimate of drug-likeness (QED) is 0.812. The van der Waals surface area contributed by atoms with Gasteiger partial charge in [0.25, 0.3) is 5.91 Å². The number of likely N-dealkylation sites (tertiary alicyclic amines) is 2. The van der Waals surface area contributed by atoms with Crippen molar-refractivity contribution in [1.82, 2.24) is 14.8 Å². The normalized spacial score (nSPS) is 18.6. The number of nitrogens with zero attached hydrogens (tertiary/aromatic N) is 3. The van der Waals surface area contributed by atoms with Crippen LogP contribution in [0, 0.1) is 0 Å². The average molecular weight is 393 g/mol. The molecule has 2 aromatic rings. The molecule has 1 amide bonds. The zero-order chi connectivity index (χ0) is 19.9. The standard InChI is InChI=1S/C24H32N4O/c29-24(28-14-5-2-6-15-28)21-9-13-25-23(19-21)26-22-11-17-27(18-12-22)16-10-20-7-3-1-4-8-20/h1,3-4,7-9,13,19,22H,2,5-6,10-12,14-18H2,(H,25,26). The number of piperidine rings is 2. The van der Waals surface area contributed by atoms with E-state index in [0.29, 0.717) is 6.04 Å². The highest BCUT2D eigenvalue weighted by Gasteiger charge is 2.21. The number of aromatic nitrogens is 1. The number of rotatable bonds is 6.